The average molecular weight is 292 g/mol. The molecule has 2 aromatic carbocycles. The van der Waals surface area contributed by atoms with Crippen LogP contribution in [0, 0.1) is 11.3 Å². The summed E-state index contributed by atoms with van der Waals surface area (Å²) in [5, 5.41) is 9.32. The molecule has 0 spiro atoms. The molecular weight excluding hydrogens is 276 g/mol. The second-order valence-electron chi connectivity index (χ2n) is 4.95. The minimum atomic E-state index is -0.484. The first kappa shape index (κ1) is 14.2. The molecule has 1 atom stereocenters. The lowest BCUT2D eigenvalue weighted by atomic mass is 9.95. The maximum Gasteiger partial charge on any atom is 0.207 e. The van der Waals surface area contributed by atoms with Crippen LogP contribution in [0.3, 0.4) is 0 Å². The molecule has 1 aliphatic rings. The summed E-state index contributed by atoms with van der Waals surface area (Å²) in [5.74, 6) is 0.746. The molecule has 2 aromatic rings. The van der Waals surface area contributed by atoms with Gasteiger partial charge in [0.1, 0.15) is 23.5 Å². The molecule has 0 radical (unpaired) electrons. The van der Waals surface area contributed by atoms with Crippen LogP contribution in [0.5, 0.6) is 5.75 Å². The number of hydrogen-bond acceptors (Lipinski definition) is 4. The molecule has 3 rings (SSSR count). The Labute approximate surface area is 129 Å². The molecule has 0 aliphatic carbocycles. The van der Waals surface area contributed by atoms with Crippen LogP contribution in [0.2, 0.25) is 0 Å². The van der Waals surface area contributed by atoms with E-state index in [0.29, 0.717) is 17.9 Å². The van der Waals surface area contributed by atoms with Crippen molar-refractivity contribution in [2.45, 2.75) is 13.0 Å². The highest BCUT2D eigenvalue weighted by atomic mass is 16.5. The van der Waals surface area contributed by atoms with Crippen LogP contribution < -0.4 is 10.5 Å². The largest absolute Gasteiger partial charge is 0.440 e. The number of benzene rings is 2. The van der Waals surface area contributed by atoms with Gasteiger partial charge >= 0.3 is 0 Å². The lowest BCUT2D eigenvalue weighted by Crippen LogP contribution is -2.22. The third kappa shape index (κ3) is 2.43. The van der Waals surface area contributed by atoms with E-state index in [0.717, 1.165) is 16.7 Å². The van der Waals surface area contributed by atoms with Gasteiger partial charge in [-0.15, -0.1) is 0 Å². The summed E-state index contributed by atoms with van der Waals surface area (Å²) in [6.07, 6.45) is -0.484. The molecule has 4 nitrogen and oxygen atoms in total. The Bertz CT molecular complexity index is 760. The molecule has 0 saturated heterocycles. The van der Waals surface area contributed by atoms with Gasteiger partial charge in [-0.05, 0) is 30.2 Å². The lowest BCUT2D eigenvalue weighted by Gasteiger charge is -2.26. The molecule has 0 fully saturated rings. The number of rotatable bonds is 3. The fraction of sp³-hybridized carbons (Fsp3) is 0.167. The highest BCUT2D eigenvalue weighted by Gasteiger charge is 2.29. The van der Waals surface area contributed by atoms with E-state index in [1.165, 1.54) is 0 Å². The first-order valence-corrected chi connectivity index (χ1v) is 7.13. The third-order valence-corrected chi connectivity index (χ3v) is 3.60. The van der Waals surface area contributed by atoms with Crippen LogP contribution in [0.4, 0.5) is 0 Å². The number of nitrogens with two attached hydrogens (primary N) is 1. The predicted octanol–water partition coefficient (Wildman–Crippen LogP) is 3.52. The summed E-state index contributed by atoms with van der Waals surface area (Å²) in [5.41, 5.74) is 9.12. The third-order valence-electron chi connectivity index (χ3n) is 3.60. The number of fused-ring (bicyclic) bond motifs is 1. The van der Waals surface area contributed by atoms with Gasteiger partial charge in [0, 0.05) is 12.2 Å². The molecule has 4 heteroatoms. The van der Waals surface area contributed by atoms with Gasteiger partial charge in [0.05, 0.1) is 0 Å². The molecule has 0 saturated carbocycles. The van der Waals surface area contributed by atoms with Crippen LogP contribution in [-0.2, 0) is 4.74 Å². The minimum absolute atomic E-state index is 0.112. The average Bonchev–Trinajstić information content (AvgIpc) is 2.56. The van der Waals surface area contributed by atoms with Gasteiger partial charge in [0.25, 0.3) is 0 Å². The van der Waals surface area contributed by atoms with Crippen molar-refractivity contribution in [3.05, 3.63) is 65.6 Å². The van der Waals surface area contributed by atoms with E-state index in [1.807, 2.05) is 55.5 Å². The Morgan fingerprint density at radius 2 is 1.95 bits per heavy atom. The lowest BCUT2D eigenvalue weighted by molar-refractivity contribution is 0.0817. The molecule has 1 heterocycles. The fourth-order valence-corrected chi connectivity index (χ4v) is 2.57. The number of nitrogens with zero attached hydrogens (tertiary/aromatic N) is 1. The van der Waals surface area contributed by atoms with Crippen molar-refractivity contribution in [3.63, 3.8) is 0 Å². The summed E-state index contributed by atoms with van der Waals surface area (Å²) < 4.78 is 11.3. The summed E-state index contributed by atoms with van der Waals surface area (Å²) in [4.78, 5) is 0. The van der Waals surface area contributed by atoms with E-state index in [-0.39, 0.29) is 5.88 Å². The number of hydrogen-bond donors (Lipinski definition) is 1. The maximum absolute atomic E-state index is 9.32. The normalized spacial score (nSPS) is 16.6. The van der Waals surface area contributed by atoms with Gasteiger partial charge in [0.15, 0.2) is 0 Å². The highest BCUT2D eigenvalue weighted by molar-refractivity contribution is 5.67. The minimum Gasteiger partial charge on any atom is -0.440 e. The van der Waals surface area contributed by atoms with E-state index < -0.39 is 6.10 Å². The van der Waals surface area contributed by atoms with Gasteiger partial charge in [-0.1, -0.05) is 36.4 Å². The highest BCUT2D eigenvalue weighted by Crippen LogP contribution is 2.40. The van der Waals surface area contributed by atoms with Gasteiger partial charge in [-0.25, -0.2) is 0 Å². The summed E-state index contributed by atoms with van der Waals surface area (Å²) in [6, 6.07) is 18.0. The smallest absolute Gasteiger partial charge is 0.207 e. The molecule has 110 valence electrons. The van der Waals surface area contributed by atoms with Crippen molar-refractivity contribution in [1.82, 2.24) is 0 Å². The van der Waals surface area contributed by atoms with Crippen molar-refractivity contribution in [2.24, 2.45) is 5.73 Å². The van der Waals surface area contributed by atoms with Crippen molar-refractivity contribution in [3.8, 4) is 22.9 Å². The molecule has 2 N–H and O–H groups in total. The molecule has 0 aromatic heterocycles. The fourth-order valence-electron chi connectivity index (χ4n) is 2.57. The Morgan fingerprint density at radius 3 is 2.64 bits per heavy atom. The zero-order chi connectivity index (χ0) is 15.5. The quantitative estimate of drug-likeness (QED) is 0.939. The second kappa shape index (κ2) is 5.92. The van der Waals surface area contributed by atoms with Crippen LogP contribution in [0.15, 0.2) is 60.0 Å². The van der Waals surface area contributed by atoms with Gasteiger partial charge in [0.2, 0.25) is 5.88 Å². The molecule has 22 heavy (non-hydrogen) atoms. The molecule has 0 amide bonds. The molecular formula is C18H16N2O2. The second-order valence-corrected chi connectivity index (χ2v) is 4.95. The summed E-state index contributed by atoms with van der Waals surface area (Å²) >= 11 is 0. The standard InChI is InChI=1S/C18H16N2O2/c1-2-21-17-14-10-13(12-6-4-3-5-7-12)8-9-16(14)22-18(20)15(17)11-19/h3-10,17H,2,20H2,1H3. The first-order chi connectivity index (χ1) is 10.7. The van der Waals surface area contributed by atoms with E-state index >= 15 is 0 Å². The van der Waals surface area contributed by atoms with Crippen molar-refractivity contribution < 1.29 is 9.47 Å². The topological polar surface area (TPSA) is 68.3 Å². The van der Waals surface area contributed by atoms with Gasteiger partial charge in [-0.3, -0.25) is 0 Å². The Hall–Kier alpha value is -2.77. The maximum atomic E-state index is 9.32. The van der Waals surface area contributed by atoms with Crippen LogP contribution in [-0.4, -0.2) is 6.61 Å². The van der Waals surface area contributed by atoms with Crippen LogP contribution in [0.25, 0.3) is 11.1 Å². The molecule has 1 unspecified atom stereocenters. The summed E-state index contributed by atoms with van der Waals surface area (Å²) in [7, 11) is 0. The zero-order valence-corrected chi connectivity index (χ0v) is 12.2. The van der Waals surface area contributed by atoms with E-state index in [9.17, 15) is 5.26 Å². The van der Waals surface area contributed by atoms with Crippen LogP contribution in [0.1, 0.15) is 18.6 Å². The van der Waals surface area contributed by atoms with Gasteiger partial charge in [-0.2, -0.15) is 5.26 Å². The molecule has 0 bridgehead atoms. The first-order valence-electron chi connectivity index (χ1n) is 7.13. The Kier molecular flexibility index (Phi) is 3.82. The SMILES string of the molecule is CCOC1C(C#N)=C(N)Oc2ccc(-c3ccccc3)cc21. The van der Waals surface area contributed by atoms with E-state index in [2.05, 4.69) is 6.07 Å². The van der Waals surface area contributed by atoms with E-state index in [1.54, 1.807) is 0 Å². The Morgan fingerprint density at radius 1 is 1.18 bits per heavy atom. The van der Waals surface area contributed by atoms with Gasteiger partial charge < -0.3 is 15.2 Å². The van der Waals surface area contributed by atoms with E-state index in [4.69, 9.17) is 15.2 Å². The Balaban J connectivity index is 2.10. The molecule has 1 aliphatic heterocycles. The zero-order valence-electron chi connectivity index (χ0n) is 12.2. The predicted molar refractivity (Wildman–Crippen MR) is 83.7 cm³/mol. The van der Waals surface area contributed by atoms with Crippen molar-refractivity contribution >= 4 is 0 Å². The van der Waals surface area contributed by atoms with Crippen molar-refractivity contribution in [1.29, 1.82) is 5.26 Å². The summed E-state index contributed by atoms with van der Waals surface area (Å²) in [6.45, 7) is 2.37. The number of ether oxygens (including phenoxy) is 2. The van der Waals surface area contributed by atoms with Crippen LogP contribution >= 0.6 is 0 Å². The van der Waals surface area contributed by atoms with Crippen molar-refractivity contribution in [2.75, 3.05) is 6.61 Å². The number of nitriles is 1. The monoisotopic (exact) mass is 292 g/mol.